The molecule has 5 nitrogen and oxygen atoms in total. The molecule has 1 rings (SSSR count). The quantitative estimate of drug-likeness (QED) is 0.359. The first-order valence-electron chi connectivity index (χ1n) is 7.56. The van der Waals surface area contributed by atoms with Gasteiger partial charge in [-0.1, -0.05) is 52.1 Å². The summed E-state index contributed by atoms with van der Waals surface area (Å²) in [6.45, 7) is 4.67. The molecule has 1 aliphatic heterocycles. The van der Waals surface area contributed by atoms with E-state index in [9.17, 15) is 9.59 Å². The Kier molecular flexibility index (Phi) is 10.1. The van der Waals surface area contributed by atoms with Crippen LogP contribution in [0, 0.1) is 5.41 Å². The number of rotatable bonds is 6. The molecule has 1 heterocycles. The topological polar surface area (TPSA) is 61.8 Å². The van der Waals surface area contributed by atoms with Crippen molar-refractivity contribution >= 4 is 44.0 Å². The smallest absolute Gasteiger partial charge is 0.465 e. The zero-order valence-electron chi connectivity index (χ0n) is 13.5. The Balaban J connectivity index is 0.000000534. The summed E-state index contributed by atoms with van der Waals surface area (Å²) in [6, 6.07) is 0. The lowest BCUT2D eigenvalue weighted by Gasteiger charge is -2.29. The van der Waals surface area contributed by atoms with Gasteiger partial charge in [-0.05, 0) is 19.8 Å². The normalized spacial score (nSPS) is 18.3. The SMILES string of the molecule is CC1(C(=O)OCCCBr)COC(=O)OC1.[3H]CC(Br)CCC. The molecule has 1 saturated heterocycles. The molecule has 0 aromatic rings. The van der Waals surface area contributed by atoms with E-state index in [0.717, 1.165) is 18.2 Å². The molecule has 0 spiro atoms. The molecule has 124 valence electrons. The van der Waals surface area contributed by atoms with Gasteiger partial charge in [0.15, 0.2) is 0 Å². The molecule has 7 heteroatoms. The monoisotopic (exact) mass is 432 g/mol. The number of esters is 1. The first kappa shape index (κ1) is 18.7. The standard InChI is InChI=1S/C9H13BrO5.C5H11Br/c1-9(5-14-8(12)15-6-9)7(11)13-4-2-3-10;1-3-4-5(2)6/h2-6H2,1H3;5H,3-4H2,1-2H3/i;2T. The van der Waals surface area contributed by atoms with Crippen LogP contribution in [-0.2, 0) is 19.0 Å². The lowest BCUT2D eigenvalue weighted by Crippen LogP contribution is -2.44. The highest BCUT2D eigenvalue weighted by Crippen LogP contribution is 2.24. The number of hydrogen-bond donors (Lipinski definition) is 0. The molecule has 0 saturated carbocycles. The molecule has 1 unspecified atom stereocenters. The fraction of sp³-hybridized carbons (Fsp3) is 0.857. The molecule has 1 aliphatic rings. The van der Waals surface area contributed by atoms with Crippen LogP contribution in [0.5, 0.6) is 0 Å². The minimum absolute atomic E-state index is 0.0129. The van der Waals surface area contributed by atoms with E-state index in [2.05, 4.69) is 48.3 Å². The number of halogens is 2. The van der Waals surface area contributed by atoms with Crippen LogP contribution in [0.3, 0.4) is 0 Å². The highest BCUT2D eigenvalue weighted by molar-refractivity contribution is 9.09. The van der Waals surface area contributed by atoms with Gasteiger partial charge < -0.3 is 14.2 Å². The molecule has 1 atom stereocenters. The van der Waals surface area contributed by atoms with Crippen LogP contribution in [0.25, 0.3) is 0 Å². The highest BCUT2D eigenvalue weighted by atomic mass is 79.9. The van der Waals surface area contributed by atoms with Gasteiger partial charge in [0, 0.05) is 11.5 Å². The summed E-state index contributed by atoms with van der Waals surface area (Å²) < 4.78 is 21.2. The second kappa shape index (κ2) is 11.3. The summed E-state index contributed by atoms with van der Waals surface area (Å²) in [6.07, 6.45) is 2.32. The number of ether oxygens (including phenoxy) is 3. The lowest BCUT2D eigenvalue weighted by atomic mass is 9.93. The summed E-state index contributed by atoms with van der Waals surface area (Å²) in [7, 11) is 0. The van der Waals surface area contributed by atoms with E-state index in [1.54, 1.807) is 6.92 Å². The summed E-state index contributed by atoms with van der Waals surface area (Å²) >= 11 is 6.58. The maximum absolute atomic E-state index is 11.6. The van der Waals surface area contributed by atoms with Gasteiger partial charge >= 0.3 is 12.1 Å². The van der Waals surface area contributed by atoms with Crippen molar-refractivity contribution in [2.75, 3.05) is 25.2 Å². The summed E-state index contributed by atoms with van der Waals surface area (Å²) in [5.74, 6) is -0.393. The van der Waals surface area contributed by atoms with Crippen molar-refractivity contribution < 1.29 is 25.2 Å². The second-order valence-electron chi connectivity index (χ2n) is 4.95. The summed E-state index contributed by atoms with van der Waals surface area (Å²) in [5.41, 5.74) is -0.875. The number of carbonyl (C=O) groups is 2. The van der Waals surface area contributed by atoms with Crippen LogP contribution in [0.4, 0.5) is 4.79 Å². The first-order chi connectivity index (χ1) is 10.4. The van der Waals surface area contributed by atoms with Gasteiger partial charge in [-0.15, -0.1) is 0 Å². The van der Waals surface area contributed by atoms with E-state index < -0.39 is 17.5 Å². The van der Waals surface area contributed by atoms with Gasteiger partial charge in [-0.3, -0.25) is 4.79 Å². The molecule has 0 aromatic carbocycles. The predicted molar refractivity (Wildman–Crippen MR) is 88.1 cm³/mol. The average Bonchev–Trinajstić information content (AvgIpc) is 2.51. The third-order valence-electron chi connectivity index (χ3n) is 2.62. The Bertz CT molecular complexity index is 331. The van der Waals surface area contributed by atoms with E-state index in [0.29, 0.717) is 18.3 Å². The van der Waals surface area contributed by atoms with E-state index in [1.165, 1.54) is 6.42 Å². The third-order valence-corrected chi connectivity index (χ3v) is 3.64. The zero-order chi connectivity index (χ0) is 17.0. The van der Waals surface area contributed by atoms with Crippen LogP contribution < -0.4 is 0 Å². The molecular formula is C14H24Br2O5. The fourth-order valence-electron chi connectivity index (χ4n) is 1.34. The van der Waals surface area contributed by atoms with E-state index in [4.69, 9.17) is 6.11 Å². The summed E-state index contributed by atoms with van der Waals surface area (Å²) in [5, 5.41) is 0.780. The van der Waals surface area contributed by atoms with E-state index in [-0.39, 0.29) is 13.2 Å². The Labute approximate surface area is 144 Å². The second-order valence-corrected chi connectivity index (χ2v) is 7.04. The number of cyclic esters (lactones) is 2. The zero-order valence-corrected chi connectivity index (χ0v) is 15.7. The number of hydrogen-bond acceptors (Lipinski definition) is 5. The van der Waals surface area contributed by atoms with Crippen molar-refractivity contribution in [1.82, 2.24) is 0 Å². The molecule has 0 bridgehead atoms. The van der Waals surface area contributed by atoms with Crippen LogP contribution in [-0.4, -0.2) is 42.1 Å². The molecule has 21 heavy (non-hydrogen) atoms. The van der Waals surface area contributed by atoms with E-state index >= 15 is 0 Å². The Morgan fingerprint density at radius 1 is 1.52 bits per heavy atom. The van der Waals surface area contributed by atoms with Gasteiger partial charge in [-0.2, -0.15) is 0 Å². The van der Waals surface area contributed by atoms with Gasteiger partial charge in [-0.25, -0.2) is 4.79 Å². The van der Waals surface area contributed by atoms with Gasteiger partial charge in [0.1, 0.15) is 18.6 Å². The van der Waals surface area contributed by atoms with E-state index in [1.807, 2.05) is 0 Å². The third kappa shape index (κ3) is 9.34. The van der Waals surface area contributed by atoms with Crippen molar-refractivity contribution in [3.8, 4) is 0 Å². The van der Waals surface area contributed by atoms with Crippen molar-refractivity contribution in [1.29, 1.82) is 0 Å². The molecule has 1 fully saturated rings. The molecule has 0 aromatic heterocycles. The fourth-order valence-corrected chi connectivity index (χ4v) is 2.03. The molecule has 0 N–H and O–H groups in total. The first-order valence-corrected chi connectivity index (χ1v) is 8.89. The van der Waals surface area contributed by atoms with Crippen LogP contribution >= 0.6 is 31.9 Å². The van der Waals surface area contributed by atoms with Crippen LogP contribution in [0.2, 0.25) is 0 Å². The molecule has 0 amide bonds. The molecular weight excluding hydrogens is 408 g/mol. The lowest BCUT2D eigenvalue weighted by molar-refractivity contribution is -0.166. The van der Waals surface area contributed by atoms with Gasteiger partial charge in [0.2, 0.25) is 0 Å². The van der Waals surface area contributed by atoms with Gasteiger partial charge in [0.25, 0.3) is 0 Å². The van der Waals surface area contributed by atoms with Crippen molar-refractivity contribution in [2.45, 2.75) is 44.8 Å². The van der Waals surface area contributed by atoms with Crippen LogP contribution in [0.15, 0.2) is 0 Å². The molecule has 0 aliphatic carbocycles. The Morgan fingerprint density at radius 2 is 2.14 bits per heavy atom. The van der Waals surface area contributed by atoms with Crippen molar-refractivity contribution in [3.63, 3.8) is 0 Å². The minimum Gasteiger partial charge on any atom is -0.465 e. The summed E-state index contributed by atoms with van der Waals surface area (Å²) in [4.78, 5) is 22.7. The maximum atomic E-state index is 11.6. The maximum Gasteiger partial charge on any atom is 0.508 e. The molecule has 0 radical (unpaired) electrons. The van der Waals surface area contributed by atoms with Crippen LogP contribution in [0.1, 0.15) is 41.4 Å². The minimum atomic E-state index is -0.875. The van der Waals surface area contributed by atoms with Crippen molar-refractivity contribution in [2.24, 2.45) is 5.41 Å². The highest BCUT2D eigenvalue weighted by Gasteiger charge is 2.41. The van der Waals surface area contributed by atoms with Crippen molar-refractivity contribution in [3.05, 3.63) is 0 Å². The Morgan fingerprint density at radius 3 is 2.57 bits per heavy atom. The Hall–Kier alpha value is -0.300. The number of alkyl halides is 2. The average molecular weight is 434 g/mol. The number of carbonyl (C=O) groups excluding carboxylic acids is 2. The largest absolute Gasteiger partial charge is 0.508 e. The predicted octanol–water partition coefficient (Wildman–Crippen LogP) is 4.06. The van der Waals surface area contributed by atoms with Gasteiger partial charge in [0.05, 0.1) is 6.61 Å².